The van der Waals surface area contributed by atoms with Crippen molar-refractivity contribution in [3.05, 3.63) is 75.8 Å². The molecule has 0 atom stereocenters. The lowest BCUT2D eigenvalue weighted by molar-refractivity contribution is 0.474. The number of fused-ring (bicyclic) bond motifs is 1. The van der Waals surface area contributed by atoms with E-state index in [9.17, 15) is 5.11 Å². The first-order valence-electron chi connectivity index (χ1n) is 8.19. The van der Waals surface area contributed by atoms with Gasteiger partial charge < -0.3 is 9.52 Å². The van der Waals surface area contributed by atoms with Crippen LogP contribution in [0.25, 0.3) is 22.6 Å². The number of oxazole rings is 1. The van der Waals surface area contributed by atoms with Crippen LogP contribution in [-0.4, -0.2) is 16.3 Å². The number of aromatic nitrogens is 1. The van der Waals surface area contributed by atoms with Crippen molar-refractivity contribution in [2.24, 2.45) is 4.99 Å². The number of aryl methyl sites for hydroxylation is 1. The number of rotatable bonds is 3. The number of aliphatic imine (C=N–C) groups is 1. The van der Waals surface area contributed by atoms with Crippen LogP contribution in [0.2, 0.25) is 10.0 Å². The van der Waals surface area contributed by atoms with E-state index in [4.69, 9.17) is 27.6 Å². The minimum atomic E-state index is 0.0757. The van der Waals surface area contributed by atoms with Crippen LogP contribution < -0.4 is 0 Å². The van der Waals surface area contributed by atoms with Crippen molar-refractivity contribution in [1.29, 1.82) is 0 Å². The van der Waals surface area contributed by atoms with Crippen molar-refractivity contribution in [3.63, 3.8) is 0 Å². The van der Waals surface area contributed by atoms with Crippen molar-refractivity contribution in [3.8, 4) is 17.2 Å². The Labute approximate surface area is 165 Å². The molecule has 6 heteroatoms. The number of aromatic hydroxyl groups is 1. The van der Waals surface area contributed by atoms with E-state index in [2.05, 4.69) is 9.98 Å². The lowest BCUT2D eigenvalue weighted by Gasteiger charge is -2.02. The average molecular weight is 397 g/mol. The topological polar surface area (TPSA) is 58.6 Å². The molecule has 0 amide bonds. The van der Waals surface area contributed by atoms with Crippen LogP contribution in [0.4, 0.5) is 5.69 Å². The van der Waals surface area contributed by atoms with E-state index in [1.54, 1.807) is 36.5 Å². The van der Waals surface area contributed by atoms with Gasteiger partial charge in [-0.1, -0.05) is 35.3 Å². The molecule has 0 aliphatic carbocycles. The van der Waals surface area contributed by atoms with Crippen LogP contribution in [-0.2, 0) is 0 Å². The Morgan fingerprint density at radius 2 is 1.85 bits per heavy atom. The Balaban J connectivity index is 1.70. The molecule has 1 heterocycles. The Morgan fingerprint density at radius 3 is 2.67 bits per heavy atom. The van der Waals surface area contributed by atoms with Gasteiger partial charge in [-0.05, 0) is 60.5 Å². The highest BCUT2D eigenvalue weighted by Crippen LogP contribution is 2.34. The molecule has 0 saturated carbocycles. The molecule has 0 fully saturated rings. The second-order valence-corrected chi connectivity index (χ2v) is 6.94. The molecule has 4 rings (SSSR count). The zero-order valence-corrected chi connectivity index (χ0v) is 15.8. The summed E-state index contributed by atoms with van der Waals surface area (Å²) in [5.74, 6) is 0.423. The summed E-state index contributed by atoms with van der Waals surface area (Å²) in [6.45, 7) is 1.98. The second-order valence-electron chi connectivity index (χ2n) is 6.12. The first-order chi connectivity index (χ1) is 13.0. The van der Waals surface area contributed by atoms with Crippen molar-refractivity contribution in [1.82, 2.24) is 4.98 Å². The third-order valence-electron chi connectivity index (χ3n) is 4.06. The monoisotopic (exact) mass is 396 g/mol. The minimum absolute atomic E-state index is 0.0757. The van der Waals surface area contributed by atoms with Gasteiger partial charge in [0.05, 0.1) is 21.3 Å². The standard InChI is InChI=1S/C21H14Cl2N2O2/c1-12-2-6-18-20(8-12)27-21(25-18)15-10-14(4-7-19(15)26)24-11-13-3-5-16(22)17(23)9-13/h2-11,26H,1H3. The van der Waals surface area contributed by atoms with Crippen LogP contribution in [0.15, 0.2) is 64.0 Å². The summed E-state index contributed by atoms with van der Waals surface area (Å²) >= 11 is 11.9. The van der Waals surface area contributed by atoms with Gasteiger partial charge in [-0.2, -0.15) is 0 Å². The molecule has 0 spiro atoms. The molecule has 27 heavy (non-hydrogen) atoms. The Hall–Kier alpha value is -2.82. The van der Waals surface area contributed by atoms with Gasteiger partial charge in [0.1, 0.15) is 11.3 Å². The molecule has 0 bridgehead atoms. The van der Waals surface area contributed by atoms with Crippen molar-refractivity contribution in [2.45, 2.75) is 6.92 Å². The molecular formula is C21H14Cl2N2O2. The molecule has 4 nitrogen and oxygen atoms in total. The van der Waals surface area contributed by atoms with Crippen LogP contribution in [0.3, 0.4) is 0 Å². The predicted molar refractivity (Wildman–Crippen MR) is 110 cm³/mol. The molecule has 0 aliphatic heterocycles. The fraction of sp³-hybridized carbons (Fsp3) is 0.0476. The maximum absolute atomic E-state index is 10.2. The lowest BCUT2D eigenvalue weighted by atomic mass is 10.1. The van der Waals surface area contributed by atoms with Gasteiger partial charge in [0.2, 0.25) is 5.89 Å². The number of phenols is 1. The number of nitrogens with zero attached hydrogens (tertiary/aromatic N) is 2. The first kappa shape index (κ1) is 17.6. The van der Waals surface area contributed by atoms with Crippen molar-refractivity contribution < 1.29 is 9.52 Å². The predicted octanol–water partition coefficient (Wildman–Crippen LogP) is 6.57. The zero-order valence-electron chi connectivity index (χ0n) is 14.3. The molecule has 0 aliphatic rings. The van der Waals surface area contributed by atoms with Gasteiger partial charge in [0.25, 0.3) is 0 Å². The van der Waals surface area contributed by atoms with E-state index in [1.165, 1.54) is 0 Å². The molecule has 0 saturated heterocycles. The van der Waals surface area contributed by atoms with E-state index >= 15 is 0 Å². The molecule has 1 N–H and O–H groups in total. The number of halogens is 2. The molecule has 3 aromatic carbocycles. The van der Waals surface area contributed by atoms with Crippen LogP contribution >= 0.6 is 23.2 Å². The Kier molecular flexibility index (Phi) is 4.60. The quantitative estimate of drug-likeness (QED) is 0.398. The van der Waals surface area contributed by atoms with Gasteiger partial charge >= 0.3 is 0 Å². The Bertz CT molecular complexity index is 1180. The van der Waals surface area contributed by atoms with Crippen molar-refractivity contribution >= 4 is 46.2 Å². The van der Waals surface area contributed by atoms with Gasteiger partial charge in [-0.25, -0.2) is 4.98 Å². The molecule has 1 aromatic heterocycles. The highest BCUT2D eigenvalue weighted by molar-refractivity contribution is 6.42. The highest BCUT2D eigenvalue weighted by atomic mass is 35.5. The normalized spacial score (nSPS) is 11.5. The second kappa shape index (κ2) is 7.06. The largest absolute Gasteiger partial charge is 0.507 e. The smallest absolute Gasteiger partial charge is 0.231 e. The summed E-state index contributed by atoms with van der Waals surface area (Å²) in [5.41, 5.74) is 4.43. The van der Waals surface area contributed by atoms with Crippen molar-refractivity contribution in [2.75, 3.05) is 0 Å². The van der Waals surface area contributed by atoms with Gasteiger partial charge in [0.15, 0.2) is 5.58 Å². The SMILES string of the molecule is Cc1ccc2nc(-c3cc(N=Cc4ccc(Cl)c(Cl)c4)ccc3O)oc2c1. The van der Waals surface area contributed by atoms with Crippen LogP contribution in [0, 0.1) is 6.92 Å². The summed E-state index contributed by atoms with van der Waals surface area (Å²) < 4.78 is 5.81. The van der Waals surface area contributed by atoms with E-state index in [0.717, 1.165) is 16.6 Å². The molecule has 0 unspecified atom stereocenters. The summed E-state index contributed by atoms with van der Waals surface area (Å²) in [6, 6.07) is 16.0. The fourth-order valence-corrected chi connectivity index (χ4v) is 2.97. The van der Waals surface area contributed by atoms with E-state index in [0.29, 0.717) is 32.8 Å². The summed E-state index contributed by atoms with van der Waals surface area (Å²) in [5, 5.41) is 11.2. The van der Waals surface area contributed by atoms with E-state index in [1.807, 2.05) is 31.2 Å². The van der Waals surface area contributed by atoms with Gasteiger partial charge in [-0.15, -0.1) is 0 Å². The average Bonchev–Trinajstić information content (AvgIpc) is 3.06. The van der Waals surface area contributed by atoms with Crippen LogP contribution in [0.5, 0.6) is 5.75 Å². The number of phenolic OH excluding ortho intramolecular Hbond substituents is 1. The van der Waals surface area contributed by atoms with Crippen LogP contribution in [0.1, 0.15) is 11.1 Å². The first-order valence-corrected chi connectivity index (χ1v) is 8.95. The van der Waals surface area contributed by atoms with E-state index in [-0.39, 0.29) is 5.75 Å². The van der Waals surface area contributed by atoms with E-state index < -0.39 is 0 Å². The zero-order chi connectivity index (χ0) is 19.0. The number of benzene rings is 3. The van der Waals surface area contributed by atoms with Gasteiger partial charge in [-0.3, -0.25) is 4.99 Å². The number of hydrogen-bond donors (Lipinski definition) is 1. The third kappa shape index (κ3) is 3.68. The lowest BCUT2D eigenvalue weighted by Crippen LogP contribution is -1.82. The third-order valence-corrected chi connectivity index (χ3v) is 4.80. The fourth-order valence-electron chi connectivity index (χ4n) is 2.66. The Morgan fingerprint density at radius 1 is 1.00 bits per heavy atom. The molecular weight excluding hydrogens is 383 g/mol. The molecule has 134 valence electrons. The molecule has 0 radical (unpaired) electrons. The summed E-state index contributed by atoms with van der Waals surface area (Å²) in [7, 11) is 0. The molecule has 4 aromatic rings. The maximum atomic E-state index is 10.2. The maximum Gasteiger partial charge on any atom is 0.231 e. The highest BCUT2D eigenvalue weighted by Gasteiger charge is 2.13. The minimum Gasteiger partial charge on any atom is -0.507 e. The number of hydrogen-bond acceptors (Lipinski definition) is 4. The van der Waals surface area contributed by atoms with Gasteiger partial charge in [0, 0.05) is 6.21 Å². The summed E-state index contributed by atoms with van der Waals surface area (Å²) in [6.07, 6.45) is 1.67. The summed E-state index contributed by atoms with van der Waals surface area (Å²) in [4.78, 5) is 8.89.